The van der Waals surface area contributed by atoms with E-state index < -0.39 is 0 Å². The molecule has 0 N–H and O–H groups in total. The summed E-state index contributed by atoms with van der Waals surface area (Å²) in [5.74, 6) is 2.56. The molecule has 0 bridgehead atoms. The van der Waals surface area contributed by atoms with Crippen LogP contribution in [-0.2, 0) is 17.9 Å². The fourth-order valence-corrected chi connectivity index (χ4v) is 5.25. The lowest BCUT2D eigenvalue weighted by Gasteiger charge is -2.39. The van der Waals surface area contributed by atoms with Crippen LogP contribution < -0.4 is 9.47 Å². The molecular formula is C29H32N2O3. The first-order chi connectivity index (χ1) is 16.6. The molecule has 0 aliphatic carbocycles. The van der Waals surface area contributed by atoms with Crippen LogP contribution in [0.1, 0.15) is 30.4 Å². The summed E-state index contributed by atoms with van der Waals surface area (Å²) in [5.41, 5.74) is 2.58. The zero-order valence-corrected chi connectivity index (χ0v) is 19.8. The zero-order valence-electron chi connectivity index (χ0n) is 19.8. The van der Waals surface area contributed by atoms with Crippen molar-refractivity contribution in [3.05, 3.63) is 90.0 Å². The topological polar surface area (TPSA) is 42.0 Å². The lowest BCUT2D eigenvalue weighted by molar-refractivity contribution is -0.128. The number of hydrogen-bond donors (Lipinski definition) is 0. The zero-order chi connectivity index (χ0) is 23.4. The summed E-state index contributed by atoms with van der Waals surface area (Å²) < 4.78 is 11.5. The summed E-state index contributed by atoms with van der Waals surface area (Å²) in [5, 5.41) is 0. The third-order valence-corrected chi connectivity index (χ3v) is 7.14. The van der Waals surface area contributed by atoms with Gasteiger partial charge >= 0.3 is 0 Å². The normalized spacial score (nSPS) is 17.8. The molecule has 0 atom stereocenters. The van der Waals surface area contributed by atoms with E-state index in [1.165, 1.54) is 11.1 Å². The van der Waals surface area contributed by atoms with Crippen LogP contribution >= 0.6 is 0 Å². The van der Waals surface area contributed by atoms with Crippen LogP contribution in [0.15, 0.2) is 78.9 Å². The highest BCUT2D eigenvalue weighted by atomic mass is 16.5. The van der Waals surface area contributed by atoms with E-state index in [2.05, 4.69) is 34.1 Å². The van der Waals surface area contributed by atoms with Crippen molar-refractivity contribution in [3.8, 4) is 17.2 Å². The number of carbonyl (C=O) groups is 1. The summed E-state index contributed by atoms with van der Waals surface area (Å²) in [4.78, 5) is 17.3. The molecule has 5 heteroatoms. The summed E-state index contributed by atoms with van der Waals surface area (Å²) in [6.45, 7) is 4.54. The molecule has 3 aromatic rings. The molecule has 2 saturated heterocycles. The molecular weight excluding hydrogens is 424 g/mol. The van der Waals surface area contributed by atoms with Gasteiger partial charge < -0.3 is 14.4 Å². The van der Waals surface area contributed by atoms with E-state index in [-0.39, 0.29) is 5.41 Å². The Morgan fingerprint density at radius 2 is 1.53 bits per heavy atom. The average molecular weight is 457 g/mol. The van der Waals surface area contributed by atoms with E-state index in [1.807, 2.05) is 54.6 Å². The summed E-state index contributed by atoms with van der Waals surface area (Å²) in [6.07, 6.45) is 2.83. The Balaban J connectivity index is 1.17. The predicted octanol–water partition coefficient (Wildman–Crippen LogP) is 5.50. The molecule has 5 rings (SSSR count). The third kappa shape index (κ3) is 5.10. The molecule has 2 heterocycles. The maximum atomic E-state index is 12.7. The number of methoxy groups -OCH3 is 1. The van der Waals surface area contributed by atoms with Crippen molar-refractivity contribution >= 4 is 5.91 Å². The number of piperidine rings is 1. The molecule has 0 radical (unpaired) electrons. The Kier molecular flexibility index (Phi) is 6.54. The van der Waals surface area contributed by atoms with E-state index >= 15 is 0 Å². The Morgan fingerprint density at radius 1 is 0.824 bits per heavy atom. The second-order valence-electron chi connectivity index (χ2n) is 9.59. The van der Waals surface area contributed by atoms with Gasteiger partial charge in [0.05, 0.1) is 7.11 Å². The average Bonchev–Trinajstić information content (AvgIpc) is 3.16. The van der Waals surface area contributed by atoms with Crippen LogP contribution in [0.3, 0.4) is 0 Å². The van der Waals surface area contributed by atoms with E-state index in [4.69, 9.17) is 9.47 Å². The smallest absolute Gasteiger partial charge is 0.223 e. The SMILES string of the molecule is COc1ccccc1Oc1cccc(CN2CCC3(CC2)CC(=O)N(Cc2ccccc2)C3)c1. The van der Waals surface area contributed by atoms with Gasteiger partial charge in [0, 0.05) is 26.1 Å². The van der Waals surface area contributed by atoms with E-state index in [0.717, 1.165) is 57.1 Å². The van der Waals surface area contributed by atoms with Gasteiger partial charge in [0.25, 0.3) is 0 Å². The van der Waals surface area contributed by atoms with Gasteiger partial charge in [-0.2, -0.15) is 0 Å². The van der Waals surface area contributed by atoms with Crippen LogP contribution in [0.2, 0.25) is 0 Å². The molecule has 0 saturated carbocycles. The van der Waals surface area contributed by atoms with E-state index in [0.29, 0.717) is 18.1 Å². The highest BCUT2D eigenvalue weighted by Crippen LogP contribution is 2.42. The van der Waals surface area contributed by atoms with Gasteiger partial charge in [-0.1, -0.05) is 54.6 Å². The number of carbonyl (C=O) groups excluding carboxylic acids is 1. The summed E-state index contributed by atoms with van der Waals surface area (Å²) >= 11 is 0. The second-order valence-corrected chi connectivity index (χ2v) is 9.59. The first-order valence-corrected chi connectivity index (χ1v) is 12.1. The van der Waals surface area contributed by atoms with Gasteiger partial charge in [-0.05, 0) is 66.7 Å². The van der Waals surface area contributed by atoms with Crippen LogP contribution in [-0.4, -0.2) is 42.5 Å². The molecule has 2 fully saturated rings. The van der Waals surface area contributed by atoms with Crippen LogP contribution in [0.4, 0.5) is 0 Å². The number of para-hydroxylation sites is 2. The minimum absolute atomic E-state index is 0.136. The Morgan fingerprint density at radius 3 is 2.29 bits per heavy atom. The predicted molar refractivity (Wildman–Crippen MR) is 133 cm³/mol. The fourth-order valence-electron chi connectivity index (χ4n) is 5.25. The number of likely N-dealkylation sites (tertiary alicyclic amines) is 2. The summed E-state index contributed by atoms with van der Waals surface area (Å²) in [6, 6.07) is 26.3. The molecule has 1 spiro atoms. The van der Waals surface area contributed by atoms with Crippen LogP contribution in [0.5, 0.6) is 17.2 Å². The lowest BCUT2D eigenvalue weighted by atomic mass is 9.77. The highest BCUT2D eigenvalue weighted by molar-refractivity contribution is 5.79. The highest BCUT2D eigenvalue weighted by Gasteiger charge is 2.44. The molecule has 5 nitrogen and oxygen atoms in total. The largest absolute Gasteiger partial charge is 0.493 e. The van der Waals surface area contributed by atoms with Gasteiger partial charge in [-0.3, -0.25) is 9.69 Å². The van der Waals surface area contributed by atoms with Crippen LogP contribution in [0, 0.1) is 5.41 Å². The van der Waals surface area contributed by atoms with Crippen molar-refractivity contribution in [2.45, 2.75) is 32.4 Å². The van der Waals surface area contributed by atoms with Crippen molar-refractivity contribution in [1.82, 2.24) is 9.80 Å². The van der Waals surface area contributed by atoms with Crippen molar-refractivity contribution in [2.75, 3.05) is 26.7 Å². The Labute approximate surface area is 201 Å². The van der Waals surface area contributed by atoms with Gasteiger partial charge in [0.15, 0.2) is 11.5 Å². The van der Waals surface area contributed by atoms with Gasteiger partial charge in [-0.15, -0.1) is 0 Å². The van der Waals surface area contributed by atoms with Crippen molar-refractivity contribution in [3.63, 3.8) is 0 Å². The lowest BCUT2D eigenvalue weighted by Crippen LogP contribution is -2.41. The Bertz CT molecular complexity index is 1120. The number of amides is 1. The maximum Gasteiger partial charge on any atom is 0.223 e. The number of ether oxygens (including phenoxy) is 2. The molecule has 176 valence electrons. The van der Waals surface area contributed by atoms with Gasteiger partial charge in [0.2, 0.25) is 5.91 Å². The molecule has 1 amide bonds. The maximum absolute atomic E-state index is 12.7. The quantitative estimate of drug-likeness (QED) is 0.471. The number of nitrogens with zero attached hydrogens (tertiary/aromatic N) is 2. The third-order valence-electron chi connectivity index (χ3n) is 7.14. The first-order valence-electron chi connectivity index (χ1n) is 12.1. The number of hydrogen-bond acceptors (Lipinski definition) is 4. The molecule has 3 aromatic carbocycles. The molecule has 2 aliphatic rings. The standard InChI is InChI=1S/C29H32N2O3/c1-33-26-12-5-6-13-27(26)34-25-11-7-10-24(18-25)20-30-16-14-29(15-17-30)19-28(32)31(22-29)21-23-8-3-2-4-9-23/h2-13,18H,14-17,19-22H2,1H3. The molecule has 0 unspecified atom stereocenters. The summed E-state index contributed by atoms with van der Waals surface area (Å²) in [7, 11) is 1.65. The molecule has 0 aromatic heterocycles. The number of rotatable bonds is 7. The minimum Gasteiger partial charge on any atom is -0.493 e. The first kappa shape index (κ1) is 22.5. The van der Waals surface area contributed by atoms with E-state index in [9.17, 15) is 4.79 Å². The second kappa shape index (κ2) is 9.90. The van der Waals surface area contributed by atoms with E-state index in [1.54, 1.807) is 7.11 Å². The van der Waals surface area contributed by atoms with Crippen LogP contribution in [0.25, 0.3) is 0 Å². The molecule has 2 aliphatic heterocycles. The fraction of sp³-hybridized carbons (Fsp3) is 0.345. The van der Waals surface area contributed by atoms with Crippen molar-refractivity contribution in [1.29, 1.82) is 0 Å². The van der Waals surface area contributed by atoms with Gasteiger partial charge in [-0.25, -0.2) is 0 Å². The van der Waals surface area contributed by atoms with Crippen molar-refractivity contribution < 1.29 is 14.3 Å². The monoisotopic (exact) mass is 456 g/mol. The number of benzene rings is 3. The minimum atomic E-state index is 0.136. The van der Waals surface area contributed by atoms with Crippen molar-refractivity contribution in [2.24, 2.45) is 5.41 Å². The Hall–Kier alpha value is -3.31. The molecule has 34 heavy (non-hydrogen) atoms. The van der Waals surface area contributed by atoms with Gasteiger partial charge in [0.1, 0.15) is 5.75 Å².